The summed E-state index contributed by atoms with van der Waals surface area (Å²) in [6, 6.07) is 7.82. The lowest BCUT2D eigenvalue weighted by atomic mass is 9.94. The second-order valence-corrected chi connectivity index (χ2v) is 5.29. The number of carbonyl (C=O) groups is 1. The summed E-state index contributed by atoms with van der Waals surface area (Å²) >= 11 is 0. The van der Waals surface area contributed by atoms with Gasteiger partial charge in [-0.3, -0.25) is 4.79 Å². The number of methoxy groups -OCH3 is 1. The van der Waals surface area contributed by atoms with Crippen LogP contribution in [0.3, 0.4) is 0 Å². The van der Waals surface area contributed by atoms with Crippen LogP contribution in [0.4, 0.5) is 0 Å². The first kappa shape index (κ1) is 14.9. The highest BCUT2D eigenvalue weighted by Gasteiger charge is 2.52. The molecule has 0 aliphatic heterocycles. The summed E-state index contributed by atoms with van der Waals surface area (Å²) in [6.45, 7) is 4.62. The molecule has 1 aliphatic rings. The van der Waals surface area contributed by atoms with E-state index in [-0.39, 0.29) is 11.3 Å². The molecule has 0 radical (unpaired) electrons. The van der Waals surface area contributed by atoms with Gasteiger partial charge in [0.25, 0.3) is 0 Å². The van der Waals surface area contributed by atoms with Crippen LogP contribution in [0.1, 0.15) is 31.7 Å². The third kappa shape index (κ3) is 3.12. The second kappa shape index (κ2) is 6.75. The summed E-state index contributed by atoms with van der Waals surface area (Å²) in [5.41, 5.74) is 0.652. The molecule has 0 heterocycles. The highest BCUT2D eigenvalue weighted by Crippen LogP contribution is 2.51. The average molecular weight is 276 g/mol. The van der Waals surface area contributed by atoms with E-state index < -0.39 is 0 Å². The zero-order chi connectivity index (χ0) is 14.4. The minimum absolute atomic E-state index is 0.125. The fourth-order valence-electron chi connectivity index (χ4n) is 2.52. The van der Waals surface area contributed by atoms with E-state index in [0.717, 1.165) is 43.7 Å². The normalized spacial score (nSPS) is 15.7. The minimum atomic E-state index is -0.364. The molecule has 0 spiro atoms. The molecule has 4 heteroatoms. The Bertz CT molecular complexity index is 456. The van der Waals surface area contributed by atoms with Crippen molar-refractivity contribution in [2.24, 2.45) is 0 Å². The maximum Gasteiger partial charge on any atom is 0.230 e. The van der Waals surface area contributed by atoms with Gasteiger partial charge in [0, 0.05) is 18.7 Å². The topological polar surface area (TPSA) is 50.4 Å². The quantitative estimate of drug-likeness (QED) is 0.712. The van der Waals surface area contributed by atoms with Crippen molar-refractivity contribution in [3.63, 3.8) is 0 Å². The Kier molecular flexibility index (Phi) is 5.01. The van der Waals surface area contributed by atoms with Gasteiger partial charge in [-0.2, -0.15) is 0 Å². The van der Waals surface area contributed by atoms with E-state index >= 15 is 0 Å². The van der Waals surface area contributed by atoms with Crippen LogP contribution in [0.2, 0.25) is 0 Å². The van der Waals surface area contributed by atoms with Gasteiger partial charge in [-0.1, -0.05) is 25.1 Å². The molecule has 20 heavy (non-hydrogen) atoms. The molecule has 110 valence electrons. The Morgan fingerprint density at radius 2 is 2.00 bits per heavy atom. The fraction of sp³-hybridized carbons (Fsp3) is 0.562. The number of nitrogens with one attached hydrogen (secondary N) is 2. The van der Waals surface area contributed by atoms with E-state index in [1.165, 1.54) is 0 Å². The van der Waals surface area contributed by atoms with Crippen LogP contribution in [0.5, 0.6) is 5.75 Å². The molecule has 1 aromatic rings. The maximum absolute atomic E-state index is 12.4. The van der Waals surface area contributed by atoms with Crippen LogP contribution >= 0.6 is 0 Å². The van der Waals surface area contributed by atoms with Crippen LogP contribution in [0, 0.1) is 0 Å². The molecular formula is C16H24N2O2. The molecule has 1 aliphatic carbocycles. The third-order valence-electron chi connectivity index (χ3n) is 3.82. The van der Waals surface area contributed by atoms with Crippen molar-refractivity contribution in [3.8, 4) is 5.75 Å². The summed E-state index contributed by atoms with van der Waals surface area (Å²) in [7, 11) is 1.65. The lowest BCUT2D eigenvalue weighted by Crippen LogP contribution is -2.38. The van der Waals surface area contributed by atoms with E-state index in [1.807, 2.05) is 24.3 Å². The molecule has 1 amide bonds. The third-order valence-corrected chi connectivity index (χ3v) is 3.82. The first-order chi connectivity index (χ1) is 9.74. The van der Waals surface area contributed by atoms with Crippen molar-refractivity contribution < 1.29 is 9.53 Å². The summed E-state index contributed by atoms with van der Waals surface area (Å²) in [4.78, 5) is 12.4. The van der Waals surface area contributed by atoms with Crippen LogP contribution in [0.25, 0.3) is 0 Å². The van der Waals surface area contributed by atoms with Crippen molar-refractivity contribution in [1.82, 2.24) is 10.6 Å². The Labute approximate surface area is 120 Å². The molecule has 4 nitrogen and oxygen atoms in total. The van der Waals surface area contributed by atoms with Gasteiger partial charge in [0.05, 0.1) is 12.5 Å². The van der Waals surface area contributed by atoms with Crippen molar-refractivity contribution in [2.75, 3.05) is 26.7 Å². The average Bonchev–Trinajstić information content (AvgIpc) is 3.28. The van der Waals surface area contributed by atoms with E-state index in [2.05, 4.69) is 17.6 Å². The van der Waals surface area contributed by atoms with Crippen LogP contribution in [-0.2, 0) is 10.2 Å². The lowest BCUT2D eigenvalue weighted by Gasteiger charge is -2.18. The first-order valence-corrected chi connectivity index (χ1v) is 7.37. The number of hydrogen-bond acceptors (Lipinski definition) is 3. The predicted octanol–water partition coefficient (Wildman–Crippen LogP) is 1.84. The van der Waals surface area contributed by atoms with Gasteiger partial charge in [-0.25, -0.2) is 0 Å². The molecule has 2 N–H and O–H groups in total. The van der Waals surface area contributed by atoms with Gasteiger partial charge in [-0.05, 0) is 31.9 Å². The number of ether oxygens (including phenoxy) is 1. The summed E-state index contributed by atoms with van der Waals surface area (Å²) < 4.78 is 5.39. The Hall–Kier alpha value is -1.55. The van der Waals surface area contributed by atoms with Gasteiger partial charge < -0.3 is 15.4 Å². The Balaban J connectivity index is 1.95. The molecule has 0 atom stereocenters. The van der Waals surface area contributed by atoms with Gasteiger partial charge in [0.2, 0.25) is 5.91 Å². The largest absolute Gasteiger partial charge is 0.496 e. The van der Waals surface area contributed by atoms with E-state index in [1.54, 1.807) is 7.11 Å². The van der Waals surface area contributed by atoms with Crippen LogP contribution in [0.15, 0.2) is 24.3 Å². The minimum Gasteiger partial charge on any atom is -0.496 e. The number of benzene rings is 1. The summed E-state index contributed by atoms with van der Waals surface area (Å²) in [6.07, 6.45) is 2.92. The Morgan fingerprint density at radius 3 is 2.65 bits per heavy atom. The zero-order valence-corrected chi connectivity index (χ0v) is 12.4. The van der Waals surface area contributed by atoms with Crippen LogP contribution < -0.4 is 15.4 Å². The van der Waals surface area contributed by atoms with Crippen molar-refractivity contribution >= 4 is 5.91 Å². The van der Waals surface area contributed by atoms with Gasteiger partial charge in [-0.15, -0.1) is 0 Å². The number of rotatable bonds is 8. The maximum atomic E-state index is 12.4. The second-order valence-electron chi connectivity index (χ2n) is 5.29. The van der Waals surface area contributed by atoms with Gasteiger partial charge >= 0.3 is 0 Å². The highest BCUT2D eigenvalue weighted by atomic mass is 16.5. The number of para-hydroxylation sites is 1. The van der Waals surface area contributed by atoms with Gasteiger partial charge in [0.1, 0.15) is 5.75 Å². The molecule has 1 fully saturated rings. The molecule has 1 saturated carbocycles. The lowest BCUT2D eigenvalue weighted by molar-refractivity contribution is -0.123. The Morgan fingerprint density at radius 1 is 1.25 bits per heavy atom. The first-order valence-electron chi connectivity index (χ1n) is 7.37. The van der Waals surface area contributed by atoms with E-state index in [0.29, 0.717) is 6.54 Å². The van der Waals surface area contributed by atoms with Crippen LogP contribution in [-0.4, -0.2) is 32.7 Å². The number of hydrogen-bond donors (Lipinski definition) is 2. The standard InChI is InChI=1S/C16H24N2O2/c1-3-10-17-11-12-18-15(19)16(8-9-16)13-6-4-5-7-14(13)20-2/h4-7,17H,3,8-12H2,1-2H3,(H,18,19). The molecule has 0 saturated heterocycles. The van der Waals surface area contributed by atoms with Gasteiger partial charge in [0.15, 0.2) is 0 Å². The zero-order valence-electron chi connectivity index (χ0n) is 12.4. The smallest absolute Gasteiger partial charge is 0.230 e. The van der Waals surface area contributed by atoms with Crippen molar-refractivity contribution in [1.29, 1.82) is 0 Å². The van der Waals surface area contributed by atoms with E-state index in [9.17, 15) is 4.79 Å². The molecule has 2 rings (SSSR count). The molecular weight excluding hydrogens is 252 g/mol. The molecule has 1 aromatic carbocycles. The summed E-state index contributed by atoms with van der Waals surface area (Å²) in [5, 5.41) is 6.32. The van der Waals surface area contributed by atoms with E-state index in [4.69, 9.17) is 4.74 Å². The molecule has 0 bridgehead atoms. The monoisotopic (exact) mass is 276 g/mol. The number of amides is 1. The number of carbonyl (C=O) groups excluding carboxylic acids is 1. The predicted molar refractivity (Wildman–Crippen MR) is 80.1 cm³/mol. The fourth-order valence-corrected chi connectivity index (χ4v) is 2.52. The highest BCUT2D eigenvalue weighted by molar-refractivity contribution is 5.92. The van der Waals surface area contributed by atoms with Crippen molar-refractivity contribution in [2.45, 2.75) is 31.6 Å². The molecule has 0 unspecified atom stereocenters. The molecule has 0 aromatic heterocycles. The SMILES string of the molecule is CCCNCCNC(=O)C1(c2ccccc2OC)CC1. The summed E-state index contributed by atoms with van der Waals surface area (Å²) in [5.74, 6) is 0.935. The van der Waals surface area contributed by atoms with Crippen molar-refractivity contribution in [3.05, 3.63) is 29.8 Å².